The first-order valence-corrected chi connectivity index (χ1v) is 10.2. The van der Waals surface area contributed by atoms with E-state index in [1.54, 1.807) is 6.20 Å². The van der Waals surface area contributed by atoms with Crippen molar-refractivity contribution in [1.29, 1.82) is 0 Å². The fourth-order valence-electron chi connectivity index (χ4n) is 3.72. The van der Waals surface area contributed by atoms with Crippen LogP contribution in [0, 0.1) is 5.82 Å². The maximum Gasteiger partial charge on any atom is 0.277 e. The van der Waals surface area contributed by atoms with E-state index in [1.807, 2.05) is 38.1 Å². The van der Waals surface area contributed by atoms with Crippen molar-refractivity contribution in [3.63, 3.8) is 0 Å². The Kier molecular flexibility index (Phi) is 5.87. The molecule has 0 fully saturated rings. The minimum atomic E-state index is -0.454. The lowest BCUT2D eigenvalue weighted by Crippen LogP contribution is -2.28. The van der Waals surface area contributed by atoms with Crippen LogP contribution in [0.3, 0.4) is 0 Å². The normalized spacial score (nSPS) is 11.3. The Labute approximate surface area is 183 Å². The first-order chi connectivity index (χ1) is 15.4. The van der Waals surface area contributed by atoms with E-state index in [9.17, 15) is 19.1 Å². The van der Waals surface area contributed by atoms with Gasteiger partial charge in [-0.1, -0.05) is 32.0 Å². The molecule has 32 heavy (non-hydrogen) atoms. The van der Waals surface area contributed by atoms with E-state index in [-0.39, 0.29) is 23.9 Å². The van der Waals surface area contributed by atoms with E-state index < -0.39 is 18.0 Å². The topological polar surface area (TPSA) is 88.6 Å². The van der Waals surface area contributed by atoms with E-state index in [4.69, 9.17) is 0 Å². The Morgan fingerprint density at radius 3 is 2.53 bits per heavy atom. The van der Waals surface area contributed by atoms with Gasteiger partial charge in [-0.2, -0.15) is 5.10 Å². The summed E-state index contributed by atoms with van der Waals surface area (Å²) in [4.78, 5) is 25.8. The number of carbonyl (C=O) groups is 1. The molecular weight excluding hydrogens is 411 g/mol. The predicted octanol–water partition coefficient (Wildman–Crippen LogP) is 3.56. The number of amides is 1. The highest BCUT2D eigenvalue weighted by Crippen LogP contribution is 2.25. The van der Waals surface area contributed by atoms with E-state index in [0.29, 0.717) is 22.5 Å². The van der Waals surface area contributed by atoms with Crippen LogP contribution in [0.1, 0.15) is 30.9 Å². The quantitative estimate of drug-likeness (QED) is 0.486. The number of aliphatic hydroxyl groups excluding tert-OH is 1. The monoisotopic (exact) mass is 434 g/mol. The van der Waals surface area contributed by atoms with Gasteiger partial charge in [-0.3, -0.25) is 9.59 Å². The summed E-state index contributed by atoms with van der Waals surface area (Å²) >= 11 is 0. The third-order valence-electron chi connectivity index (χ3n) is 5.31. The van der Waals surface area contributed by atoms with Gasteiger partial charge in [-0.05, 0) is 41.8 Å². The molecule has 2 aromatic heterocycles. The maximum atomic E-state index is 13.3. The molecule has 0 aliphatic carbocycles. The smallest absolute Gasteiger partial charge is 0.277 e. The van der Waals surface area contributed by atoms with Crippen LogP contribution in [-0.2, 0) is 17.9 Å². The SMILES string of the molecule is CC(C)c1ccccc1NC(=O)Cn1ccn2nc(-c3ccc(F)cc3)c(CO)c2c1=O. The Bertz CT molecular complexity index is 1340. The third-order valence-corrected chi connectivity index (χ3v) is 5.31. The summed E-state index contributed by atoms with van der Waals surface area (Å²) in [6, 6.07) is 13.2. The Balaban J connectivity index is 1.67. The van der Waals surface area contributed by atoms with Crippen LogP contribution in [0.5, 0.6) is 0 Å². The lowest BCUT2D eigenvalue weighted by molar-refractivity contribution is -0.116. The van der Waals surface area contributed by atoms with Crippen molar-refractivity contribution < 1.29 is 14.3 Å². The summed E-state index contributed by atoms with van der Waals surface area (Å²) in [5, 5.41) is 17.2. The largest absolute Gasteiger partial charge is 0.392 e. The van der Waals surface area contributed by atoms with E-state index >= 15 is 0 Å². The summed E-state index contributed by atoms with van der Waals surface area (Å²) < 4.78 is 15.9. The predicted molar refractivity (Wildman–Crippen MR) is 120 cm³/mol. The summed E-state index contributed by atoms with van der Waals surface area (Å²) in [7, 11) is 0. The number of nitrogens with one attached hydrogen (secondary N) is 1. The van der Waals surface area contributed by atoms with Gasteiger partial charge in [0, 0.05) is 29.2 Å². The van der Waals surface area contributed by atoms with Crippen molar-refractivity contribution in [1.82, 2.24) is 14.2 Å². The van der Waals surface area contributed by atoms with Crippen molar-refractivity contribution in [3.8, 4) is 11.3 Å². The molecule has 0 unspecified atom stereocenters. The van der Waals surface area contributed by atoms with Crippen LogP contribution in [0.25, 0.3) is 16.8 Å². The van der Waals surface area contributed by atoms with Crippen molar-refractivity contribution in [3.05, 3.63) is 88.2 Å². The Hall–Kier alpha value is -3.78. The molecule has 0 bridgehead atoms. The minimum absolute atomic E-state index is 0.171. The third kappa shape index (κ3) is 4.04. The maximum absolute atomic E-state index is 13.3. The number of para-hydroxylation sites is 1. The number of nitrogens with zero attached hydrogens (tertiary/aromatic N) is 3. The number of hydrogen-bond acceptors (Lipinski definition) is 4. The highest BCUT2D eigenvalue weighted by molar-refractivity contribution is 5.91. The fourth-order valence-corrected chi connectivity index (χ4v) is 3.72. The summed E-state index contributed by atoms with van der Waals surface area (Å²) in [6.45, 7) is 3.46. The molecule has 2 heterocycles. The standard InChI is InChI=1S/C24H23FN4O3/c1-15(2)18-5-3-4-6-20(18)26-21(31)13-28-11-12-29-23(24(28)32)19(14-30)22(27-29)16-7-9-17(25)10-8-16/h3-12,15,30H,13-14H2,1-2H3,(H,26,31). The number of halogens is 1. The van der Waals surface area contributed by atoms with Gasteiger partial charge in [-0.15, -0.1) is 0 Å². The highest BCUT2D eigenvalue weighted by Gasteiger charge is 2.19. The van der Waals surface area contributed by atoms with Crippen LogP contribution in [0.4, 0.5) is 10.1 Å². The number of hydrogen-bond donors (Lipinski definition) is 2. The van der Waals surface area contributed by atoms with E-state index in [2.05, 4.69) is 10.4 Å². The number of fused-ring (bicyclic) bond motifs is 1. The Morgan fingerprint density at radius 2 is 1.84 bits per heavy atom. The molecule has 4 aromatic rings. The molecule has 0 saturated heterocycles. The summed E-state index contributed by atoms with van der Waals surface area (Å²) in [5.74, 6) is -0.502. The molecule has 0 atom stereocenters. The second-order valence-electron chi connectivity index (χ2n) is 7.81. The van der Waals surface area contributed by atoms with Crippen LogP contribution in [-0.4, -0.2) is 25.2 Å². The zero-order valence-corrected chi connectivity index (χ0v) is 17.7. The molecule has 0 spiro atoms. The lowest BCUT2D eigenvalue weighted by Gasteiger charge is -2.14. The molecule has 4 rings (SSSR count). The molecule has 0 radical (unpaired) electrons. The number of aliphatic hydroxyl groups is 1. The van der Waals surface area contributed by atoms with Crippen molar-refractivity contribution >= 4 is 17.1 Å². The van der Waals surface area contributed by atoms with E-state index in [0.717, 1.165) is 5.56 Å². The van der Waals surface area contributed by atoms with Crippen molar-refractivity contribution in [2.75, 3.05) is 5.32 Å². The average molecular weight is 434 g/mol. The number of carbonyl (C=O) groups excluding carboxylic acids is 1. The zero-order chi connectivity index (χ0) is 22.8. The van der Waals surface area contributed by atoms with Crippen LogP contribution in [0.2, 0.25) is 0 Å². The lowest BCUT2D eigenvalue weighted by atomic mass is 10.0. The minimum Gasteiger partial charge on any atom is -0.392 e. The van der Waals surface area contributed by atoms with Gasteiger partial charge < -0.3 is 15.0 Å². The summed E-state index contributed by atoms with van der Waals surface area (Å²) in [6.07, 6.45) is 3.03. The number of aromatic nitrogens is 3. The van der Waals surface area contributed by atoms with Gasteiger partial charge in [0.05, 0.1) is 12.3 Å². The first-order valence-electron chi connectivity index (χ1n) is 10.2. The zero-order valence-electron chi connectivity index (χ0n) is 17.7. The van der Waals surface area contributed by atoms with Crippen molar-refractivity contribution in [2.45, 2.75) is 32.9 Å². The molecule has 2 aromatic carbocycles. The fraction of sp³-hybridized carbons (Fsp3) is 0.208. The van der Waals surface area contributed by atoms with Crippen LogP contribution < -0.4 is 10.9 Å². The number of anilines is 1. The second-order valence-corrected chi connectivity index (χ2v) is 7.81. The molecule has 1 amide bonds. The van der Waals surface area contributed by atoms with E-state index in [1.165, 1.54) is 39.5 Å². The highest BCUT2D eigenvalue weighted by atomic mass is 19.1. The molecule has 0 aliphatic heterocycles. The average Bonchev–Trinajstić information content (AvgIpc) is 3.16. The Morgan fingerprint density at radius 1 is 1.12 bits per heavy atom. The molecule has 0 saturated carbocycles. The molecule has 164 valence electrons. The van der Waals surface area contributed by atoms with Crippen molar-refractivity contribution in [2.24, 2.45) is 0 Å². The van der Waals surface area contributed by atoms with Gasteiger partial charge in [0.2, 0.25) is 5.91 Å². The molecule has 7 nitrogen and oxygen atoms in total. The van der Waals surface area contributed by atoms with Gasteiger partial charge in [0.15, 0.2) is 0 Å². The number of rotatable bonds is 6. The molecule has 0 aliphatic rings. The van der Waals surface area contributed by atoms with Gasteiger partial charge in [-0.25, -0.2) is 8.91 Å². The van der Waals surface area contributed by atoms with Crippen LogP contribution in [0.15, 0.2) is 65.7 Å². The van der Waals surface area contributed by atoms with Gasteiger partial charge in [0.25, 0.3) is 5.56 Å². The molecule has 2 N–H and O–H groups in total. The number of benzene rings is 2. The summed E-state index contributed by atoms with van der Waals surface area (Å²) in [5.41, 5.74) is 2.72. The first kappa shape index (κ1) is 21.5. The van der Waals surface area contributed by atoms with Gasteiger partial charge >= 0.3 is 0 Å². The van der Waals surface area contributed by atoms with Crippen LogP contribution >= 0.6 is 0 Å². The second kappa shape index (κ2) is 8.76. The van der Waals surface area contributed by atoms with Gasteiger partial charge in [0.1, 0.15) is 17.9 Å². The molecular formula is C24H23FN4O3. The molecule has 8 heteroatoms.